The van der Waals surface area contributed by atoms with Crippen molar-refractivity contribution in [3.05, 3.63) is 87.9 Å². The topological polar surface area (TPSA) is 145 Å². The molecule has 1 aromatic carbocycles. The number of nitrogens with zero attached hydrogens (tertiary/aromatic N) is 6. The molecule has 3 fully saturated rings. The number of carbonyl (C=O) groups is 3. The van der Waals surface area contributed by atoms with Crippen molar-refractivity contribution in [3.63, 3.8) is 0 Å². The number of pyridine rings is 2. The predicted molar refractivity (Wildman–Crippen MR) is 210 cm³/mol. The molecule has 1 atom stereocenters. The number of ether oxygens (including phenoxy) is 1. The minimum Gasteiger partial charge on any atom is -0.490 e. The Hall–Kier alpha value is -5.51. The summed E-state index contributed by atoms with van der Waals surface area (Å²) in [5.74, 6) is -0.102. The summed E-state index contributed by atoms with van der Waals surface area (Å²) in [4.78, 5) is 62.0. The van der Waals surface area contributed by atoms with Gasteiger partial charge in [0.1, 0.15) is 29.0 Å². The molecule has 2 aliphatic heterocycles. The number of fused-ring (bicyclic) bond motifs is 2. The highest BCUT2D eigenvalue weighted by atomic mass is 19.4. The van der Waals surface area contributed by atoms with Gasteiger partial charge in [-0.3, -0.25) is 28.8 Å². The molecule has 1 unspecified atom stereocenters. The van der Waals surface area contributed by atoms with Gasteiger partial charge in [0, 0.05) is 44.4 Å². The van der Waals surface area contributed by atoms with Gasteiger partial charge in [0.05, 0.1) is 28.4 Å². The maximum atomic E-state index is 13.4. The number of halogens is 3. The van der Waals surface area contributed by atoms with Crippen molar-refractivity contribution in [3.8, 4) is 5.75 Å². The molecule has 4 aromatic heterocycles. The zero-order valence-corrected chi connectivity index (χ0v) is 32.7. The summed E-state index contributed by atoms with van der Waals surface area (Å²) >= 11 is 0. The number of imide groups is 1. The summed E-state index contributed by atoms with van der Waals surface area (Å²) in [5, 5.41) is 4.86. The van der Waals surface area contributed by atoms with E-state index in [-0.39, 0.29) is 47.2 Å². The molecule has 5 aromatic rings. The molecule has 1 saturated carbocycles. The number of imidazole rings is 2. The number of piperidine rings is 2. The first kappa shape index (κ1) is 39.3. The Balaban J connectivity index is 0.876. The molecular weight excluding hydrogens is 754 g/mol. The second-order valence-corrected chi connectivity index (χ2v) is 16.2. The van der Waals surface area contributed by atoms with Gasteiger partial charge in [-0.25, -0.2) is 14.8 Å². The van der Waals surface area contributed by atoms with Crippen LogP contribution < -0.4 is 21.1 Å². The number of hydrogen-bond donors (Lipinski definition) is 2. The summed E-state index contributed by atoms with van der Waals surface area (Å²) in [5.41, 5.74) is 3.05. The molecule has 306 valence electrons. The van der Waals surface area contributed by atoms with Gasteiger partial charge in [-0.05, 0) is 114 Å². The van der Waals surface area contributed by atoms with Gasteiger partial charge >= 0.3 is 11.9 Å². The van der Waals surface area contributed by atoms with Gasteiger partial charge in [0.15, 0.2) is 0 Å². The van der Waals surface area contributed by atoms with Crippen molar-refractivity contribution >= 4 is 40.2 Å². The van der Waals surface area contributed by atoms with Crippen LogP contribution in [0.2, 0.25) is 0 Å². The largest absolute Gasteiger partial charge is 0.490 e. The number of aromatic nitrogens is 5. The van der Waals surface area contributed by atoms with Crippen molar-refractivity contribution in [1.29, 1.82) is 0 Å². The average molecular weight is 801 g/mol. The molecule has 2 N–H and O–H groups in total. The number of aryl methyl sites for hydroxylation is 1. The molecular formula is C42H47F3N8O5. The Labute approximate surface area is 332 Å². The smallest absolute Gasteiger partial charge is 0.433 e. The highest BCUT2D eigenvalue weighted by molar-refractivity contribution is 6.06. The number of nitrogens with one attached hydrogen (secondary N) is 2. The van der Waals surface area contributed by atoms with Gasteiger partial charge in [-0.2, -0.15) is 13.2 Å². The molecule has 1 aliphatic carbocycles. The van der Waals surface area contributed by atoms with E-state index in [4.69, 9.17) is 9.72 Å². The molecule has 0 radical (unpaired) electrons. The standard InChI is InChI=1S/C42H47F3N8O5/c1-24(2)58-34-20-37-46-30(23-52(37)22-29(34)39(55)48-36-6-4-5-35(47-36)42(43,44)45)27-9-7-25(8-10-27)21-51-17-15-26(16-18-51)28-11-12-31-33(19-28)50(3)41(57)53(31)32-13-14-38(54)49-40(32)56/h4-6,11-12,19-20,22-27,32H,7-10,13-18,21H2,1-3H3,(H,47,48,55)(H,49,54,56). The van der Waals surface area contributed by atoms with Crippen molar-refractivity contribution in [2.24, 2.45) is 13.0 Å². The van der Waals surface area contributed by atoms with Crippen LogP contribution in [0, 0.1) is 5.92 Å². The molecule has 3 aliphatic rings. The number of amides is 3. The van der Waals surface area contributed by atoms with Gasteiger partial charge in [-0.15, -0.1) is 0 Å². The van der Waals surface area contributed by atoms with E-state index < -0.39 is 29.7 Å². The number of benzene rings is 1. The third kappa shape index (κ3) is 7.98. The minimum absolute atomic E-state index is 0.159. The summed E-state index contributed by atoms with van der Waals surface area (Å²) in [7, 11) is 1.73. The molecule has 0 bridgehead atoms. The maximum absolute atomic E-state index is 13.4. The summed E-state index contributed by atoms with van der Waals surface area (Å²) in [6, 6.07) is 10.5. The van der Waals surface area contributed by atoms with Crippen LogP contribution in [0.5, 0.6) is 5.75 Å². The SMILES string of the molecule is CC(C)Oc1cc2nc(C3CCC(CN4CCC(c5ccc6c(c5)n(C)c(=O)n6C5CCC(=O)NC5=O)CC4)CC3)cn2cc1C(=O)Nc1cccc(C(F)(F)F)n1. The summed E-state index contributed by atoms with van der Waals surface area (Å²) < 4.78 is 50.6. The molecule has 0 spiro atoms. The molecule has 6 heterocycles. The third-order valence-electron chi connectivity index (χ3n) is 11.9. The number of rotatable bonds is 9. The normalized spacial score (nSPS) is 21.2. The van der Waals surface area contributed by atoms with Crippen LogP contribution in [0.3, 0.4) is 0 Å². The Morgan fingerprint density at radius 1 is 0.931 bits per heavy atom. The minimum atomic E-state index is -4.64. The van der Waals surface area contributed by atoms with Gasteiger partial charge < -0.3 is 19.4 Å². The van der Waals surface area contributed by atoms with Crippen LogP contribution in [0.15, 0.2) is 59.7 Å². The van der Waals surface area contributed by atoms with E-state index in [1.165, 1.54) is 22.3 Å². The highest BCUT2D eigenvalue weighted by Crippen LogP contribution is 2.38. The second kappa shape index (κ2) is 15.7. The number of carbonyl (C=O) groups excluding carboxylic acids is 3. The Kier molecular flexibility index (Phi) is 10.6. The highest BCUT2D eigenvalue weighted by Gasteiger charge is 2.34. The van der Waals surface area contributed by atoms with E-state index >= 15 is 0 Å². The average Bonchev–Trinajstić information content (AvgIpc) is 3.71. The van der Waals surface area contributed by atoms with Crippen LogP contribution in [0.1, 0.15) is 110 Å². The van der Waals surface area contributed by atoms with Crippen molar-refractivity contribution in [1.82, 2.24) is 33.7 Å². The third-order valence-corrected chi connectivity index (χ3v) is 11.9. The maximum Gasteiger partial charge on any atom is 0.433 e. The lowest BCUT2D eigenvalue weighted by atomic mass is 9.80. The van der Waals surface area contributed by atoms with E-state index in [0.29, 0.717) is 29.4 Å². The molecule has 3 amide bonds. The van der Waals surface area contributed by atoms with Crippen molar-refractivity contribution < 1.29 is 32.3 Å². The molecule has 13 nitrogen and oxygen atoms in total. The van der Waals surface area contributed by atoms with Crippen LogP contribution in [-0.2, 0) is 22.8 Å². The van der Waals surface area contributed by atoms with E-state index in [0.717, 1.165) is 75.4 Å². The van der Waals surface area contributed by atoms with Gasteiger partial charge in [0.2, 0.25) is 11.8 Å². The lowest BCUT2D eigenvalue weighted by molar-refractivity contribution is -0.141. The van der Waals surface area contributed by atoms with E-state index in [9.17, 15) is 32.3 Å². The first-order chi connectivity index (χ1) is 27.7. The predicted octanol–water partition coefficient (Wildman–Crippen LogP) is 6.57. The fourth-order valence-electron chi connectivity index (χ4n) is 8.92. The first-order valence-electron chi connectivity index (χ1n) is 20.0. The van der Waals surface area contributed by atoms with Crippen molar-refractivity contribution in [2.75, 3.05) is 25.0 Å². The van der Waals surface area contributed by atoms with Crippen molar-refractivity contribution in [2.45, 2.75) is 95.4 Å². The number of hydrogen-bond acceptors (Lipinski definition) is 8. The number of likely N-dealkylation sites (tertiary alicyclic amines) is 1. The molecule has 16 heteroatoms. The quantitative estimate of drug-likeness (QED) is 0.159. The van der Waals surface area contributed by atoms with Crippen LogP contribution in [0.25, 0.3) is 16.7 Å². The van der Waals surface area contributed by atoms with E-state index in [1.807, 2.05) is 26.1 Å². The lowest BCUT2D eigenvalue weighted by Crippen LogP contribution is -2.44. The lowest BCUT2D eigenvalue weighted by Gasteiger charge is -2.36. The fraction of sp³-hybridized carbons (Fsp3) is 0.476. The van der Waals surface area contributed by atoms with Crippen LogP contribution >= 0.6 is 0 Å². The Morgan fingerprint density at radius 3 is 2.40 bits per heavy atom. The van der Waals surface area contributed by atoms with E-state index in [1.54, 1.807) is 28.3 Å². The van der Waals surface area contributed by atoms with Gasteiger partial charge in [-0.1, -0.05) is 12.1 Å². The fourth-order valence-corrected chi connectivity index (χ4v) is 8.92. The van der Waals surface area contributed by atoms with E-state index in [2.05, 4.69) is 32.7 Å². The molecule has 2 saturated heterocycles. The second-order valence-electron chi connectivity index (χ2n) is 16.2. The Morgan fingerprint density at radius 2 is 1.69 bits per heavy atom. The summed E-state index contributed by atoms with van der Waals surface area (Å²) in [6.07, 6.45) is 5.32. The molecule has 58 heavy (non-hydrogen) atoms. The molecule has 8 rings (SSSR count). The van der Waals surface area contributed by atoms with Gasteiger partial charge in [0.25, 0.3) is 5.91 Å². The number of anilines is 1. The van der Waals surface area contributed by atoms with Crippen LogP contribution in [-0.4, -0.2) is 71.9 Å². The van der Waals surface area contributed by atoms with Crippen LogP contribution in [0.4, 0.5) is 19.0 Å². The first-order valence-corrected chi connectivity index (χ1v) is 20.0. The number of alkyl halides is 3. The monoisotopic (exact) mass is 800 g/mol. The zero-order valence-electron chi connectivity index (χ0n) is 32.7. The summed E-state index contributed by atoms with van der Waals surface area (Å²) in [6.45, 7) is 6.69. The Bertz CT molecular complexity index is 2440. The zero-order chi connectivity index (χ0) is 40.9.